The maximum Gasteiger partial charge on any atom is 0.295 e. The number of carbonyl (C=O) groups is 1. The van der Waals surface area contributed by atoms with Crippen LogP contribution < -0.4 is 15.2 Å². The zero-order valence-electron chi connectivity index (χ0n) is 23.1. The molecule has 0 radical (unpaired) electrons. The van der Waals surface area contributed by atoms with Gasteiger partial charge in [-0.2, -0.15) is 9.78 Å². The summed E-state index contributed by atoms with van der Waals surface area (Å²) in [5, 5.41) is 18.3. The van der Waals surface area contributed by atoms with E-state index < -0.39 is 10.5 Å². The predicted molar refractivity (Wildman–Crippen MR) is 166 cm³/mol. The number of carbonyl (C=O) groups excluding carboxylic acids is 1. The first-order valence-electron chi connectivity index (χ1n) is 13.6. The second kappa shape index (κ2) is 11.6. The van der Waals surface area contributed by atoms with E-state index in [0.717, 1.165) is 4.68 Å². The van der Waals surface area contributed by atoms with E-state index in [0.29, 0.717) is 70.2 Å². The van der Waals surface area contributed by atoms with E-state index in [1.54, 1.807) is 90.9 Å². The van der Waals surface area contributed by atoms with Crippen molar-refractivity contribution in [2.75, 3.05) is 38.2 Å². The van der Waals surface area contributed by atoms with E-state index in [4.69, 9.17) is 16.3 Å². The number of benzene rings is 4. The first-order chi connectivity index (χ1) is 20.8. The van der Waals surface area contributed by atoms with Crippen LogP contribution in [0.5, 0.6) is 5.75 Å². The maximum atomic E-state index is 13.7. The van der Waals surface area contributed by atoms with Crippen LogP contribution in [0, 0.1) is 10.1 Å². The molecule has 6 rings (SSSR count). The van der Waals surface area contributed by atoms with Crippen LogP contribution in [0.3, 0.4) is 0 Å². The van der Waals surface area contributed by atoms with Gasteiger partial charge in [-0.15, -0.1) is 0 Å². The van der Waals surface area contributed by atoms with Crippen molar-refractivity contribution in [1.82, 2.24) is 14.7 Å². The van der Waals surface area contributed by atoms with Crippen LogP contribution in [0.4, 0.5) is 11.4 Å². The van der Waals surface area contributed by atoms with Gasteiger partial charge in [0.15, 0.2) is 0 Å². The zero-order chi connectivity index (χ0) is 30.1. The molecule has 0 atom stereocenters. The molecular formula is C32H26ClN5O5. The van der Waals surface area contributed by atoms with Gasteiger partial charge in [0.2, 0.25) is 0 Å². The fourth-order valence-electron chi connectivity index (χ4n) is 5.29. The van der Waals surface area contributed by atoms with Crippen LogP contribution >= 0.6 is 11.6 Å². The molecular weight excluding hydrogens is 570 g/mol. The van der Waals surface area contributed by atoms with Crippen LogP contribution in [0.15, 0.2) is 95.8 Å². The molecule has 0 saturated carbocycles. The fourth-order valence-corrected chi connectivity index (χ4v) is 5.42. The highest BCUT2D eigenvalue weighted by molar-refractivity contribution is 6.30. The molecule has 10 nitrogen and oxygen atoms in total. The summed E-state index contributed by atoms with van der Waals surface area (Å²) in [6, 6.07) is 25.7. The molecule has 2 heterocycles. The summed E-state index contributed by atoms with van der Waals surface area (Å²) < 4.78 is 6.29. The average molecular weight is 596 g/mol. The number of rotatable bonds is 6. The number of hydrogen-bond acceptors (Lipinski definition) is 7. The number of hydrogen-bond donors (Lipinski definition) is 0. The Kier molecular flexibility index (Phi) is 7.52. The van der Waals surface area contributed by atoms with Gasteiger partial charge >= 0.3 is 0 Å². The lowest BCUT2D eigenvalue weighted by atomic mass is 10.0. The van der Waals surface area contributed by atoms with Crippen molar-refractivity contribution in [3.8, 4) is 22.7 Å². The Morgan fingerprint density at radius 1 is 0.907 bits per heavy atom. The van der Waals surface area contributed by atoms with Crippen molar-refractivity contribution < 1.29 is 14.5 Å². The van der Waals surface area contributed by atoms with Crippen LogP contribution in [0.25, 0.3) is 27.7 Å². The van der Waals surface area contributed by atoms with Crippen molar-refractivity contribution in [1.29, 1.82) is 0 Å². The van der Waals surface area contributed by atoms with E-state index in [1.807, 2.05) is 11.0 Å². The summed E-state index contributed by atoms with van der Waals surface area (Å²) in [6.07, 6.45) is 0. The van der Waals surface area contributed by atoms with Crippen LogP contribution in [-0.4, -0.2) is 58.8 Å². The molecule has 0 spiro atoms. The summed E-state index contributed by atoms with van der Waals surface area (Å²) in [5.74, 6) is 0.601. The molecule has 1 aromatic heterocycles. The Morgan fingerprint density at radius 3 is 2.23 bits per heavy atom. The quantitative estimate of drug-likeness (QED) is 0.186. The highest BCUT2D eigenvalue weighted by Crippen LogP contribution is 2.31. The third-order valence-corrected chi connectivity index (χ3v) is 7.83. The third-order valence-electron chi connectivity index (χ3n) is 7.58. The third kappa shape index (κ3) is 5.40. The highest BCUT2D eigenvalue weighted by Gasteiger charge is 2.26. The van der Waals surface area contributed by atoms with Crippen LogP contribution in [-0.2, 0) is 0 Å². The Labute approximate surface area is 251 Å². The largest absolute Gasteiger partial charge is 0.497 e. The number of anilines is 1. The Balaban J connectivity index is 1.35. The SMILES string of the molecule is COc1ccc(C(=O)N2CCN(c3ccc([N+](=O)[O-])c(-n4nc(-c5ccc(Cl)cc5)c5ccccc5c4=O)c3)CC2)cc1. The first kappa shape index (κ1) is 27.9. The number of ether oxygens (including phenoxy) is 1. The standard InChI is InChI=1S/C32H26ClN5O5/c1-43-25-13-8-22(9-14-25)31(39)36-18-16-35(17-19-36)24-12-15-28(38(41)42)29(20-24)37-32(40)27-5-3-2-4-26(27)30(34-37)21-6-10-23(33)11-7-21/h2-15,20H,16-19H2,1H3. The minimum absolute atomic E-state index is 0.0604. The first-order valence-corrected chi connectivity index (χ1v) is 14.0. The maximum absolute atomic E-state index is 13.7. The Morgan fingerprint density at radius 2 is 1.58 bits per heavy atom. The van der Waals surface area contributed by atoms with E-state index in [9.17, 15) is 19.7 Å². The molecule has 0 aliphatic carbocycles. The van der Waals surface area contributed by atoms with Gasteiger partial charge in [-0.05, 0) is 54.6 Å². The van der Waals surface area contributed by atoms with Gasteiger partial charge in [0.25, 0.3) is 17.2 Å². The van der Waals surface area contributed by atoms with Crippen molar-refractivity contribution in [3.05, 3.63) is 122 Å². The Bertz CT molecular complexity index is 1900. The fraction of sp³-hybridized carbons (Fsp3) is 0.156. The van der Waals surface area contributed by atoms with E-state index >= 15 is 0 Å². The molecule has 216 valence electrons. The van der Waals surface area contributed by atoms with Crippen LogP contribution in [0.1, 0.15) is 10.4 Å². The number of nitro benzene ring substituents is 1. The van der Waals surface area contributed by atoms with E-state index in [1.165, 1.54) is 6.07 Å². The smallest absolute Gasteiger partial charge is 0.295 e. The minimum atomic E-state index is -0.518. The summed E-state index contributed by atoms with van der Waals surface area (Å²) in [7, 11) is 1.57. The molecule has 0 N–H and O–H groups in total. The van der Waals surface area contributed by atoms with Crippen LogP contribution in [0.2, 0.25) is 5.02 Å². The van der Waals surface area contributed by atoms with Crippen molar-refractivity contribution in [3.63, 3.8) is 0 Å². The monoisotopic (exact) mass is 595 g/mol. The zero-order valence-corrected chi connectivity index (χ0v) is 23.9. The van der Waals surface area contributed by atoms with Gasteiger partial charge in [0.05, 0.1) is 23.1 Å². The average Bonchev–Trinajstić information content (AvgIpc) is 3.05. The molecule has 0 bridgehead atoms. The lowest BCUT2D eigenvalue weighted by molar-refractivity contribution is -0.384. The molecule has 1 aliphatic rings. The molecule has 1 aliphatic heterocycles. The molecule has 4 aromatic carbocycles. The Hall–Kier alpha value is -5.22. The van der Waals surface area contributed by atoms with E-state index in [-0.39, 0.29) is 17.3 Å². The number of nitrogens with zero attached hydrogens (tertiary/aromatic N) is 5. The van der Waals surface area contributed by atoms with Gasteiger partial charge in [-0.3, -0.25) is 19.7 Å². The molecule has 1 saturated heterocycles. The number of methoxy groups -OCH3 is 1. The molecule has 0 unspecified atom stereocenters. The second-order valence-electron chi connectivity index (χ2n) is 10.1. The lowest BCUT2D eigenvalue weighted by Gasteiger charge is -2.36. The van der Waals surface area contributed by atoms with Gasteiger partial charge < -0.3 is 14.5 Å². The van der Waals surface area contributed by atoms with Gasteiger partial charge in [0.1, 0.15) is 11.4 Å². The van der Waals surface area contributed by atoms with E-state index in [2.05, 4.69) is 5.10 Å². The number of nitro groups is 1. The summed E-state index contributed by atoms with van der Waals surface area (Å²) in [4.78, 5) is 42.2. The second-order valence-corrected chi connectivity index (χ2v) is 10.5. The molecule has 11 heteroatoms. The number of aromatic nitrogens is 2. The summed E-state index contributed by atoms with van der Waals surface area (Å²) in [5.41, 5.74) is 1.82. The van der Waals surface area contributed by atoms with Gasteiger partial charge in [0, 0.05) is 59.5 Å². The lowest BCUT2D eigenvalue weighted by Crippen LogP contribution is -2.48. The molecule has 1 fully saturated rings. The van der Waals surface area contributed by atoms with Gasteiger partial charge in [-0.1, -0.05) is 41.9 Å². The molecule has 43 heavy (non-hydrogen) atoms. The van der Waals surface area contributed by atoms with Crippen molar-refractivity contribution >= 4 is 39.7 Å². The molecule has 5 aromatic rings. The number of piperazine rings is 1. The summed E-state index contributed by atoms with van der Waals surface area (Å²) >= 11 is 6.10. The highest BCUT2D eigenvalue weighted by atomic mass is 35.5. The topological polar surface area (TPSA) is 111 Å². The molecule has 1 amide bonds. The van der Waals surface area contributed by atoms with Crippen molar-refractivity contribution in [2.24, 2.45) is 0 Å². The van der Waals surface area contributed by atoms with Gasteiger partial charge in [-0.25, -0.2) is 0 Å². The van der Waals surface area contributed by atoms with Crippen molar-refractivity contribution in [2.45, 2.75) is 0 Å². The normalized spacial score (nSPS) is 13.3. The number of fused-ring (bicyclic) bond motifs is 1. The summed E-state index contributed by atoms with van der Waals surface area (Å²) in [6.45, 7) is 1.95. The predicted octanol–water partition coefficient (Wildman–Crippen LogP) is 5.59. The number of halogens is 1. The number of amides is 1. The minimum Gasteiger partial charge on any atom is -0.497 e.